The first-order valence-corrected chi connectivity index (χ1v) is 11.0. The van der Waals surface area contributed by atoms with Gasteiger partial charge >= 0.3 is 0 Å². The highest BCUT2D eigenvalue weighted by Gasteiger charge is 2.18. The molecule has 1 saturated heterocycles. The molecular weight excluding hydrogens is 388 g/mol. The molecule has 3 heterocycles. The number of hydrogen-bond donors (Lipinski definition) is 1. The maximum absolute atomic E-state index is 12.7. The van der Waals surface area contributed by atoms with Gasteiger partial charge in [-0.1, -0.05) is 32.0 Å². The van der Waals surface area contributed by atoms with Gasteiger partial charge in [0.05, 0.1) is 5.69 Å². The molecule has 7 heteroatoms. The van der Waals surface area contributed by atoms with Crippen LogP contribution in [0.1, 0.15) is 66.6 Å². The van der Waals surface area contributed by atoms with Crippen molar-refractivity contribution in [3.8, 4) is 5.69 Å². The van der Waals surface area contributed by atoms with Gasteiger partial charge in [0.2, 0.25) is 5.82 Å². The van der Waals surface area contributed by atoms with E-state index in [1.807, 2.05) is 37.4 Å². The molecule has 0 radical (unpaired) electrons. The molecule has 0 atom stereocenters. The summed E-state index contributed by atoms with van der Waals surface area (Å²) >= 11 is 0. The number of carbonyl (C=O) groups is 1. The quantitative estimate of drug-likeness (QED) is 0.654. The summed E-state index contributed by atoms with van der Waals surface area (Å²) in [5.41, 5.74) is 3.15. The third-order valence-corrected chi connectivity index (χ3v) is 5.70. The summed E-state index contributed by atoms with van der Waals surface area (Å²) in [6, 6.07) is 12.1. The normalized spacial score (nSPS) is 14.1. The molecule has 4 rings (SSSR count). The molecular formula is C24H30N6O. The van der Waals surface area contributed by atoms with Crippen molar-refractivity contribution in [2.45, 2.75) is 52.5 Å². The number of carbonyl (C=O) groups excluding carboxylic acids is 1. The maximum atomic E-state index is 12.7. The summed E-state index contributed by atoms with van der Waals surface area (Å²) in [5, 5.41) is 7.45. The van der Waals surface area contributed by atoms with Gasteiger partial charge in [-0.3, -0.25) is 4.79 Å². The zero-order valence-corrected chi connectivity index (χ0v) is 18.5. The number of para-hydroxylation sites is 1. The molecule has 0 saturated carbocycles. The van der Waals surface area contributed by atoms with E-state index in [1.165, 1.54) is 24.8 Å². The first-order chi connectivity index (χ1) is 15.0. The minimum absolute atomic E-state index is 0.182. The fraction of sp³-hybridized carbons (Fsp3) is 0.417. The number of aromatic nitrogens is 4. The summed E-state index contributed by atoms with van der Waals surface area (Å²) in [7, 11) is 0. The van der Waals surface area contributed by atoms with E-state index in [2.05, 4.69) is 51.3 Å². The van der Waals surface area contributed by atoms with Crippen molar-refractivity contribution < 1.29 is 4.79 Å². The van der Waals surface area contributed by atoms with Crippen LogP contribution in [0.4, 0.5) is 5.82 Å². The van der Waals surface area contributed by atoms with E-state index in [-0.39, 0.29) is 11.7 Å². The van der Waals surface area contributed by atoms with Gasteiger partial charge in [0.25, 0.3) is 5.91 Å². The monoisotopic (exact) mass is 418 g/mol. The van der Waals surface area contributed by atoms with Gasteiger partial charge in [-0.25, -0.2) is 14.6 Å². The van der Waals surface area contributed by atoms with Gasteiger partial charge in [-0.05, 0) is 61.4 Å². The van der Waals surface area contributed by atoms with Crippen molar-refractivity contribution in [1.82, 2.24) is 25.1 Å². The number of nitrogens with one attached hydrogen (secondary N) is 1. The Morgan fingerprint density at radius 1 is 1.13 bits per heavy atom. The third-order valence-electron chi connectivity index (χ3n) is 5.70. The van der Waals surface area contributed by atoms with Gasteiger partial charge in [0.15, 0.2) is 0 Å². The van der Waals surface area contributed by atoms with E-state index in [1.54, 1.807) is 4.68 Å². The van der Waals surface area contributed by atoms with Crippen LogP contribution in [0.3, 0.4) is 0 Å². The van der Waals surface area contributed by atoms with E-state index in [9.17, 15) is 4.79 Å². The predicted molar refractivity (Wildman–Crippen MR) is 122 cm³/mol. The van der Waals surface area contributed by atoms with Crippen LogP contribution in [0.5, 0.6) is 0 Å². The molecule has 7 nitrogen and oxygen atoms in total. The van der Waals surface area contributed by atoms with E-state index < -0.39 is 0 Å². The molecule has 1 aliphatic rings. The Kier molecular flexibility index (Phi) is 6.30. The van der Waals surface area contributed by atoms with Gasteiger partial charge in [-0.2, -0.15) is 0 Å². The fourth-order valence-electron chi connectivity index (χ4n) is 4.01. The summed E-state index contributed by atoms with van der Waals surface area (Å²) in [6.45, 7) is 8.66. The molecule has 1 amide bonds. The van der Waals surface area contributed by atoms with Crippen molar-refractivity contribution in [3.05, 3.63) is 65.4 Å². The highest BCUT2D eigenvalue weighted by atomic mass is 16.2. The van der Waals surface area contributed by atoms with Crippen molar-refractivity contribution >= 4 is 11.7 Å². The third kappa shape index (κ3) is 4.76. The van der Waals surface area contributed by atoms with Gasteiger partial charge in [-0.15, -0.1) is 5.10 Å². The Balaban J connectivity index is 1.46. The second kappa shape index (κ2) is 9.29. The first kappa shape index (κ1) is 21.0. The van der Waals surface area contributed by atoms with Crippen LogP contribution in [-0.2, 0) is 6.54 Å². The van der Waals surface area contributed by atoms with Crippen LogP contribution in [-0.4, -0.2) is 38.7 Å². The van der Waals surface area contributed by atoms with E-state index in [0.29, 0.717) is 18.3 Å². The zero-order chi connectivity index (χ0) is 21.8. The second-order valence-electron chi connectivity index (χ2n) is 8.36. The Morgan fingerprint density at radius 2 is 1.90 bits per heavy atom. The molecule has 0 aliphatic carbocycles. The van der Waals surface area contributed by atoms with Crippen LogP contribution in [0.25, 0.3) is 5.69 Å². The second-order valence-corrected chi connectivity index (χ2v) is 8.36. The molecule has 2 aromatic heterocycles. The molecule has 1 N–H and O–H groups in total. The summed E-state index contributed by atoms with van der Waals surface area (Å²) in [5.74, 6) is 1.92. The van der Waals surface area contributed by atoms with Crippen LogP contribution in [0.2, 0.25) is 0 Å². The minimum Gasteiger partial charge on any atom is -0.357 e. The van der Waals surface area contributed by atoms with Crippen LogP contribution < -0.4 is 10.2 Å². The standard InChI is InChI=1S/C24H30N6O/c1-17(2)20-9-5-6-10-21(20)30-18(3)27-23(28-30)24(31)26-16-19-11-12-25-22(15-19)29-13-7-4-8-14-29/h5-6,9-12,15,17H,4,7-8,13-14,16H2,1-3H3,(H,26,31). The molecule has 31 heavy (non-hydrogen) atoms. The number of anilines is 1. The average Bonchev–Trinajstić information content (AvgIpc) is 3.19. The molecule has 1 aliphatic heterocycles. The molecule has 0 unspecified atom stereocenters. The lowest BCUT2D eigenvalue weighted by molar-refractivity contribution is 0.0940. The number of piperidine rings is 1. The van der Waals surface area contributed by atoms with Crippen molar-refractivity contribution in [2.75, 3.05) is 18.0 Å². The van der Waals surface area contributed by atoms with Crippen LogP contribution >= 0.6 is 0 Å². The molecule has 1 aromatic carbocycles. The number of rotatable bonds is 6. The van der Waals surface area contributed by atoms with Gasteiger partial charge in [0.1, 0.15) is 11.6 Å². The van der Waals surface area contributed by atoms with Crippen molar-refractivity contribution in [3.63, 3.8) is 0 Å². The van der Waals surface area contributed by atoms with Crippen LogP contribution in [0, 0.1) is 6.92 Å². The Morgan fingerprint density at radius 3 is 2.68 bits per heavy atom. The number of amides is 1. The SMILES string of the molecule is Cc1nc(C(=O)NCc2ccnc(N3CCCCC3)c2)nn1-c1ccccc1C(C)C. The molecule has 0 spiro atoms. The van der Waals surface area contributed by atoms with Crippen molar-refractivity contribution in [2.24, 2.45) is 0 Å². The summed E-state index contributed by atoms with van der Waals surface area (Å²) in [4.78, 5) is 24.0. The van der Waals surface area contributed by atoms with E-state index in [4.69, 9.17) is 0 Å². The fourth-order valence-corrected chi connectivity index (χ4v) is 4.01. The number of benzene rings is 1. The highest BCUT2D eigenvalue weighted by Crippen LogP contribution is 2.23. The lowest BCUT2D eigenvalue weighted by Crippen LogP contribution is -2.30. The minimum atomic E-state index is -0.278. The zero-order valence-electron chi connectivity index (χ0n) is 18.5. The van der Waals surface area contributed by atoms with Gasteiger partial charge in [0, 0.05) is 25.8 Å². The summed E-state index contributed by atoms with van der Waals surface area (Å²) < 4.78 is 1.76. The molecule has 0 bridgehead atoms. The largest absolute Gasteiger partial charge is 0.357 e. The summed E-state index contributed by atoms with van der Waals surface area (Å²) in [6.07, 6.45) is 5.50. The van der Waals surface area contributed by atoms with E-state index in [0.717, 1.165) is 30.2 Å². The number of hydrogen-bond acceptors (Lipinski definition) is 5. The maximum Gasteiger partial charge on any atom is 0.291 e. The molecule has 162 valence electrons. The molecule has 3 aromatic rings. The van der Waals surface area contributed by atoms with E-state index >= 15 is 0 Å². The first-order valence-electron chi connectivity index (χ1n) is 11.0. The number of aryl methyl sites for hydroxylation is 1. The lowest BCUT2D eigenvalue weighted by atomic mass is 10.0. The number of pyridine rings is 1. The smallest absolute Gasteiger partial charge is 0.291 e. The topological polar surface area (TPSA) is 75.9 Å². The number of nitrogens with zero attached hydrogens (tertiary/aromatic N) is 5. The molecule has 1 fully saturated rings. The van der Waals surface area contributed by atoms with Crippen LogP contribution in [0.15, 0.2) is 42.6 Å². The Bertz CT molecular complexity index is 1050. The lowest BCUT2D eigenvalue weighted by Gasteiger charge is -2.27. The Hall–Kier alpha value is -3.22. The van der Waals surface area contributed by atoms with Gasteiger partial charge < -0.3 is 10.2 Å². The predicted octanol–water partition coefficient (Wildman–Crippen LogP) is 4.01. The Labute approximate surface area is 183 Å². The average molecular weight is 419 g/mol. The highest BCUT2D eigenvalue weighted by molar-refractivity contribution is 5.90. The van der Waals surface area contributed by atoms with Crippen molar-refractivity contribution in [1.29, 1.82) is 0 Å².